The molecule has 0 aromatic heterocycles. The van der Waals surface area contributed by atoms with Gasteiger partial charge in [0.05, 0.1) is 5.92 Å². The minimum atomic E-state index is -0.740. The fraction of sp³-hybridized carbons (Fsp3) is 0.467. The van der Waals surface area contributed by atoms with Crippen molar-refractivity contribution >= 4 is 11.9 Å². The second kappa shape index (κ2) is 5.63. The Balaban J connectivity index is 1.58. The second-order valence-corrected chi connectivity index (χ2v) is 5.43. The van der Waals surface area contributed by atoms with Crippen LogP contribution in [-0.2, 0) is 4.79 Å². The molecule has 0 bridgehead atoms. The van der Waals surface area contributed by atoms with Crippen molar-refractivity contribution in [3.8, 4) is 11.5 Å². The molecule has 1 aliphatic heterocycles. The Morgan fingerprint density at radius 2 is 1.81 bits per heavy atom. The average Bonchev–Trinajstić information content (AvgIpc) is 2.95. The van der Waals surface area contributed by atoms with Crippen molar-refractivity contribution in [3.05, 3.63) is 23.8 Å². The number of rotatable bonds is 3. The van der Waals surface area contributed by atoms with Gasteiger partial charge in [0.2, 0.25) is 6.79 Å². The Kier molecular flexibility index (Phi) is 3.68. The van der Waals surface area contributed by atoms with E-state index in [0.717, 1.165) is 0 Å². The molecule has 1 aromatic carbocycles. The SMILES string of the molecule is O=C(NC1CCC(C(=O)O)CC1)c1ccc2c(c1)OCO2. The van der Waals surface area contributed by atoms with Gasteiger partial charge in [0.15, 0.2) is 11.5 Å². The molecule has 0 atom stereocenters. The van der Waals surface area contributed by atoms with Crippen molar-refractivity contribution in [3.63, 3.8) is 0 Å². The van der Waals surface area contributed by atoms with Crippen LogP contribution in [0.2, 0.25) is 0 Å². The highest BCUT2D eigenvalue weighted by atomic mass is 16.7. The van der Waals surface area contributed by atoms with Crippen molar-refractivity contribution in [1.29, 1.82) is 0 Å². The number of nitrogens with one attached hydrogen (secondary N) is 1. The van der Waals surface area contributed by atoms with E-state index in [1.54, 1.807) is 18.2 Å². The van der Waals surface area contributed by atoms with E-state index in [0.29, 0.717) is 42.7 Å². The molecular formula is C15H17NO5. The maximum atomic E-state index is 12.2. The molecule has 112 valence electrons. The van der Waals surface area contributed by atoms with Gasteiger partial charge in [-0.3, -0.25) is 9.59 Å². The summed E-state index contributed by atoms with van der Waals surface area (Å²) < 4.78 is 10.5. The minimum absolute atomic E-state index is 0.0403. The predicted octanol–water partition coefficient (Wildman–Crippen LogP) is 1.79. The van der Waals surface area contributed by atoms with E-state index in [1.807, 2.05) is 0 Å². The third-order valence-corrected chi connectivity index (χ3v) is 4.05. The van der Waals surface area contributed by atoms with E-state index in [-0.39, 0.29) is 24.7 Å². The summed E-state index contributed by atoms with van der Waals surface area (Å²) in [5.41, 5.74) is 0.527. The highest BCUT2D eigenvalue weighted by molar-refractivity contribution is 5.95. The van der Waals surface area contributed by atoms with Gasteiger partial charge in [0.25, 0.3) is 5.91 Å². The molecule has 1 saturated carbocycles. The topological polar surface area (TPSA) is 84.9 Å². The van der Waals surface area contributed by atoms with Gasteiger partial charge >= 0.3 is 5.97 Å². The molecule has 6 nitrogen and oxygen atoms in total. The molecule has 2 N–H and O–H groups in total. The van der Waals surface area contributed by atoms with Crippen LogP contribution in [-0.4, -0.2) is 29.8 Å². The normalized spacial score (nSPS) is 23.6. The molecule has 0 radical (unpaired) electrons. The van der Waals surface area contributed by atoms with Gasteiger partial charge in [0, 0.05) is 11.6 Å². The molecule has 6 heteroatoms. The van der Waals surface area contributed by atoms with Crippen LogP contribution in [0.1, 0.15) is 36.0 Å². The van der Waals surface area contributed by atoms with Crippen molar-refractivity contribution in [1.82, 2.24) is 5.32 Å². The lowest BCUT2D eigenvalue weighted by Crippen LogP contribution is -2.38. The zero-order valence-corrected chi connectivity index (χ0v) is 11.5. The summed E-state index contributed by atoms with van der Waals surface area (Å²) in [5, 5.41) is 11.9. The molecule has 0 saturated heterocycles. The van der Waals surface area contributed by atoms with Crippen LogP contribution in [0.25, 0.3) is 0 Å². The number of carbonyl (C=O) groups is 2. The third kappa shape index (κ3) is 2.94. The van der Waals surface area contributed by atoms with Crippen LogP contribution in [0.15, 0.2) is 18.2 Å². The number of fused-ring (bicyclic) bond motifs is 1. The van der Waals surface area contributed by atoms with Gasteiger partial charge in [-0.25, -0.2) is 0 Å². The molecular weight excluding hydrogens is 274 g/mol. The van der Waals surface area contributed by atoms with Gasteiger partial charge < -0.3 is 19.9 Å². The van der Waals surface area contributed by atoms with Gasteiger partial charge in [-0.05, 0) is 43.9 Å². The summed E-state index contributed by atoms with van der Waals surface area (Å²) in [6.07, 6.45) is 2.63. The molecule has 1 amide bonds. The highest BCUT2D eigenvalue weighted by Gasteiger charge is 2.27. The van der Waals surface area contributed by atoms with E-state index in [2.05, 4.69) is 5.32 Å². The Labute approximate surface area is 122 Å². The lowest BCUT2D eigenvalue weighted by Gasteiger charge is -2.26. The summed E-state index contributed by atoms with van der Waals surface area (Å²) in [6.45, 7) is 0.180. The van der Waals surface area contributed by atoms with Crippen LogP contribution in [0.4, 0.5) is 0 Å². The lowest BCUT2D eigenvalue weighted by molar-refractivity contribution is -0.142. The number of hydrogen-bond acceptors (Lipinski definition) is 4. The molecule has 21 heavy (non-hydrogen) atoms. The largest absolute Gasteiger partial charge is 0.481 e. The molecule has 1 heterocycles. The van der Waals surface area contributed by atoms with E-state index < -0.39 is 5.97 Å². The Bertz CT molecular complexity index is 563. The first kappa shape index (κ1) is 13.7. The first-order valence-electron chi connectivity index (χ1n) is 7.07. The molecule has 2 aliphatic rings. The molecule has 3 rings (SSSR count). The summed E-state index contributed by atoms with van der Waals surface area (Å²) in [7, 11) is 0. The number of carbonyl (C=O) groups excluding carboxylic acids is 1. The number of benzene rings is 1. The molecule has 1 aromatic rings. The van der Waals surface area contributed by atoms with Crippen LogP contribution >= 0.6 is 0 Å². The quantitative estimate of drug-likeness (QED) is 0.887. The molecule has 1 fully saturated rings. The first-order chi connectivity index (χ1) is 10.1. The minimum Gasteiger partial charge on any atom is -0.481 e. The van der Waals surface area contributed by atoms with E-state index in [4.69, 9.17) is 14.6 Å². The van der Waals surface area contributed by atoms with E-state index >= 15 is 0 Å². The summed E-state index contributed by atoms with van der Waals surface area (Å²) >= 11 is 0. The second-order valence-electron chi connectivity index (χ2n) is 5.43. The Morgan fingerprint density at radius 1 is 1.10 bits per heavy atom. The maximum absolute atomic E-state index is 12.2. The van der Waals surface area contributed by atoms with Crippen molar-refractivity contribution < 1.29 is 24.2 Å². The van der Waals surface area contributed by atoms with Crippen molar-refractivity contribution in [2.45, 2.75) is 31.7 Å². The van der Waals surface area contributed by atoms with Gasteiger partial charge in [0.1, 0.15) is 0 Å². The smallest absolute Gasteiger partial charge is 0.306 e. The zero-order chi connectivity index (χ0) is 14.8. The van der Waals surface area contributed by atoms with Crippen LogP contribution in [0, 0.1) is 5.92 Å². The molecule has 1 aliphatic carbocycles. The zero-order valence-electron chi connectivity index (χ0n) is 11.5. The third-order valence-electron chi connectivity index (χ3n) is 4.05. The summed E-state index contributed by atoms with van der Waals surface area (Å²) in [6, 6.07) is 5.13. The van der Waals surface area contributed by atoms with E-state index in [1.165, 1.54) is 0 Å². The number of carboxylic acid groups (broad SMARTS) is 1. The van der Waals surface area contributed by atoms with Crippen LogP contribution in [0.5, 0.6) is 11.5 Å². The lowest BCUT2D eigenvalue weighted by atomic mass is 9.86. The van der Waals surface area contributed by atoms with Crippen LogP contribution in [0.3, 0.4) is 0 Å². The fourth-order valence-corrected chi connectivity index (χ4v) is 2.79. The highest BCUT2D eigenvalue weighted by Crippen LogP contribution is 2.32. The standard InChI is InChI=1S/C15H17NO5/c17-14(10-3-6-12-13(7-10)21-8-20-12)16-11-4-1-9(2-5-11)15(18)19/h3,6-7,9,11H,1-2,4-5,8H2,(H,16,17)(H,18,19). The summed E-state index contributed by atoms with van der Waals surface area (Å²) in [4.78, 5) is 23.1. The Morgan fingerprint density at radius 3 is 2.52 bits per heavy atom. The van der Waals surface area contributed by atoms with Gasteiger partial charge in [-0.2, -0.15) is 0 Å². The number of carboxylic acids is 1. The monoisotopic (exact) mass is 291 g/mol. The van der Waals surface area contributed by atoms with Gasteiger partial charge in [-0.15, -0.1) is 0 Å². The van der Waals surface area contributed by atoms with Gasteiger partial charge in [-0.1, -0.05) is 0 Å². The number of amides is 1. The average molecular weight is 291 g/mol. The molecule has 0 spiro atoms. The molecule has 0 unspecified atom stereocenters. The number of hydrogen-bond donors (Lipinski definition) is 2. The first-order valence-corrected chi connectivity index (χ1v) is 7.07. The number of ether oxygens (including phenoxy) is 2. The van der Waals surface area contributed by atoms with Crippen molar-refractivity contribution in [2.75, 3.05) is 6.79 Å². The van der Waals surface area contributed by atoms with Crippen LogP contribution < -0.4 is 14.8 Å². The Hall–Kier alpha value is -2.24. The van der Waals surface area contributed by atoms with E-state index in [9.17, 15) is 9.59 Å². The summed E-state index contributed by atoms with van der Waals surface area (Å²) in [5.74, 6) is 0.0528. The fourth-order valence-electron chi connectivity index (χ4n) is 2.79. The van der Waals surface area contributed by atoms with Crippen molar-refractivity contribution in [2.24, 2.45) is 5.92 Å². The number of aliphatic carboxylic acids is 1. The maximum Gasteiger partial charge on any atom is 0.306 e. The predicted molar refractivity (Wildman–Crippen MR) is 73.4 cm³/mol.